The van der Waals surface area contributed by atoms with E-state index in [4.69, 9.17) is 9.47 Å². The van der Waals surface area contributed by atoms with Gasteiger partial charge in [-0.3, -0.25) is 19.3 Å². The number of amides is 3. The first-order chi connectivity index (χ1) is 24.6. The summed E-state index contributed by atoms with van der Waals surface area (Å²) in [6.07, 6.45) is 1.63. The molecule has 0 saturated carbocycles. The van der Waals surface area contributed by atoms with Gasteiger partial charge in [-0.15, -0.1) is 0 Å². The van der Waals surface area contributed by atoms with Crippen LogP contribution in [0, 0.1) is 11.6 Å². The third-order valence-corrected chi connectivity index (χ3v) is 9.73. The fraction of sp³-hybridized carbons (Fsp3) is 0.351. The van der Waals surface area contributed by atoms with E-state index in [0.29, 0.717) is 37.6 Å². The number of morpholine rings is 1. The zero-order valence-electron chi connectivity index (χ0n) is 28.5. The molecule has 12 nitrogen and oxygen atoms in total. The van der Waals surface area contributed by atoms with Crippen LogP contribution in [-0.2, 0) is 34.6 Å². The predicted molar refractivity (Wildman–Crippen MR) is 185 cm³/mol. The number of hydrogen-bond acceptors (Lipinski definition) is 8. The third-order valence-electron chi connectivity index (χ3n) is 9.73. The molecule has 0 unspecified atom stereocenters. The van der Waals surface area contributed by atoms with E-state index in [1.165, 1.54) is 19.0 Å². The van der Waals surface area contributed by atoms with Crippen molar-refractivity contribution in [3.05, 3.63) is 112 Å². The van der Waals surface area contributed by atoms with Gasteiger partial charge in [-0.2, -0.15) is 0 Å². The van der Waals surface area contributed by atoms with Crippen LogP contribution in [0.4, 0.5) is 20.2 Å². The Labute approximate surface area is 293 Å². The third kappa shape index (κ3) is 6.81. The van der Waals surface area contributed by atoms with E-state index >= 15 is 8.78 Å². The summed E-state index contributed by atoms with van der Waals surface area (Å²) in [4.78, 5) is 48.3. The van der Waals surface area contributed by atoms with E-state index in [9.17, 15) is 14.4 Å². The van der Waals surface area contributed by atoms with Gasteiger partial charge in [-0.25, -0.2) is 13.8 Å². The molecule has 0 radical (unpaired) electrons. The van der Waals surface area contributed by atoms with Gasteiger partial charge < -0.3 is 34.5 Å². The van der Waals surface area contributed by atoms with E-state index < -0.39 is 23.1 Å². The molecular formula is C37H39F2N7O5. The van der Waals surface area contributed by atoms with E-state index in [1.54, 1.807) is 18.3 Å². The molecule has 2 N–H and O–H groups in total. The van der Waals surface area contributed by atoms with Crippen LogP contribution in [0.5, 0.6) is 0 Å². The smallest absolute Gasteiger partial charge is 0.287 e. The molecule has 3 aliphatic rings. The summed E-state index contributed by atoms with van der Waals surface area (Å²) in [5, 5.41) is 5.84. The Morgan fingerprint density at radius 2 is 1.55 bits per heavy atom. The molecule has 3 aliphatic heterocycles. The predicted octanol–water partition coefficient (Wildman–Crippen LogP) is 3.62. The Kier molecular flexibility index (Phi) is 9.55. The number of rotatable bonds is 9. The Bertz CT molecular complexity index is 1910. The second kappa shape index (κ2) is 14.2. The summed E-state index contributed by atoms with van der Waals surface area (Å²) in [6, 6.07) is 16.9. The molecule has 0 atom stereocenters. The van der Waals surface area contributed by atoms with Crippen LogP contribution in [0.15, 0.2) is 66.9 Å². The van der Waals surface area contributed by atoms with Crippen molar-refractivity contribution >= 4 is 29.1 Å². The average molecular weight is 700 g/mol. The zero-order chi connectivity index (χ0) is 35.7. The van der Waals surface area contributed by atoms with Crippen LogP contribution in [0.25, 0.3) is 0 Å². The number of carbonyl (C=O) groups excluding carboxylic acids is 3. The van der Waals surface area contributed by atoms with Gasteiger partial charge in [0.25, 0.3) is 17.7 Å². The fourth-order valence-corrected chi connectivity index (χ4v) is 6.75. The minimum absolute atomic E-state index is 0.0399. The summed E-state index contributed by atoms with van der Waals surface area (Å²) >= 11 is 0. The lowest BCUT2D eigenvalue weighted by molar-refractivity contribution is -0.163. The van der Waals surface area contributed by atoms with Crippen molar-refractivity contribution in [2.24, 2.45) is 0 Å². The lowest BCUT2D eigenvalue weighted by Crippen LogP contribution is -2.63. The van der Waals surface area contributed by atoms with Gasteiger partial charge in [-0.05, 0) is 54.1 Å². The van der Waals surface area contributed by atoms with Crippen molar-refractivity contribution in [1.29, 1.82) is 0 Å². The number of nitrogens with one attached hydrogen (secondary N) is 2. The van der Waals surface area contributed by atoms with Gasteiger partial charge >= 0.3 is 0 Å². The second-order valence-electron chi connectivity index (χ2n) is 13.2. The fourth-order valence-electron chi connectivity index (χ4n) is 6.75. The molecule has 51 heavy (non-hydrogen) atoms. The number of benzene rings is 3. The number of ether oxygens (including phenoxy) is 2. The number of anilines is 2. The standard InChI is InChI=1S/C37H39F2N7O5/c1-43(2)36(49)26-17-30(38)29(31(39)18-26)21-45-11-12-46-32(37(45)22-51-23-37)20-40-33(46)35(48)41-19-24-3-7-27(8-4-24)42-34(47)25-5-9-28(10-6-25)44-13-15-50-16-14-44/h3-10,17-18,20H,11-16,19,21-23H2,1-2H3,(H,41,48)(H,42,47). The SMILES string of the molecule is CN(C)C(=O)c1cc(F)c(CN2CCn3c(cnc3C(=O)NCc3ccc(NC(=O)c4ccc(N5CCOCC5)cc4)cc3)C23COC3)c(F)c1. The topological polar surface area (TPSA) is 121 Å². The molecule has 1 spiro atoms. The number of carbonyl (C=O) groups is 3. The number of halogens is 2. The molecule has 266 valence electrons. The Hall–Kier alpha value is -5.18. The molecule has 14 heteroatoms. The molecule has 1 aromatic heterocycles. The average Bonchev–Trinajstić information content (AvgIpc) is 3.56. The van der Waals surface area contributed by atoms with E-state index in [-0.39, 0.29) is 55.1 Å². The van der Waals surface area contributed by atoms with Crippen molar-refractivity contribution in [3.8, 4) is 0 Å². The normalized spacial score (nSPS) is 16.7. The maximum atomic E-state index is 15.1. The van der Waals surface area contributed by atoms with E-state index in [2.05, 4.69) is 20.5 Å². The van der Waals surface area contributed by atoms with Gasteiger partial charge in [0.15, 0.2) is 5.82 Å². The molecule has 0 aliphatic carbocycles. The number of hydrogen-bond donors (Lipinski definition) is 2. The second-order valence-corrected chi connectivity index (χ2v) is 13.2. The summed E-state index contributed by atoms with van der Waals surface area (Å²) in [7, 11) is 3.04. The maximum Gasteiger partial charge on any atom is 0.287 e. The lowest BCUT2D eigenvalue weighted by atomic mass is 9.88. The van der Waals surface area contributed by atoms with Crippen LogP contribution < -0.4 is 15.5 Å². The summed E-state index contributed by atoms with van der Waals surface area (Å²) in [5.74, 6) is -2.41. The molecule has 2 fully saturated rings. The number of nitrogens with zero attached hydrogens (tertiary/aromatic N) is 5. The van der Waals surface area contributed by atoms with Crippen LogP contribution in [-0.4, -0.2) is 97.2 Å². The van der Waals surface area contributed by atoms with Gasteiger partial charge in [0.05, 0.1) is 38.3 Å². The van der Waals surface area contributed by atoms with Crippen molar-refractivity contribution in [1.82, 2.24) is 24.7 Å². The molecule has 4 heterocycles. The molecule has 0 bridgehead atoms. The molecule has 3 amide bonds. The minimum atomic E-state index is -0.792. The highest BCUT2D eigenvalue weighted by molar-refractivity contribution is 6.04. The van der Waals surface area contributed by atoms with Gasteiger partial charge in [-0.1, -0.05) is 12.1 Å². The van der Waals surface area contributed by atoms with Crippen LogP contribution in [0.1, 0.15) is 48.2 Å². The minimum Gasteiger partial charge on any atom is -0.378 e. The zero-order valence-corrected chi connectivity index (χ0v) is 28.5. The number of aromatic nitrogens is 2. The monoisotopic (exact) mass is 699 g/mol. The summed E-state index contributed by atoms with van der Waals surface area (Å²) in [6.45, 7) is 4.57. The molecule has 2 saturated heterocycles. The van der Waals surface area contributed by atoms with Crippen LogP contribution in [0.3, 0.4) is 0 Å². The molecule has 3 aromatic carbocycles. The van der Waals surface area contributed by atoms with Crippen molar-refractivity contribution in [3.63, 3.8) is 0 Å². The molecule has 4 aromatic rings. The van der Waals surface area contributed by atoms with Crippen molar-refractivity contribution in [2.75, 3.05) is 70.4 Å². The van der Waals surface area contributed by atoms with Gasteiger partial charge in [0.1, 0.15) is 17.2 Å². The van der Waals surface area contributed by atoms with Gasteiger partial charge in [0, 0.05) is 81.4 Å². The summed E-state index contributed by atoms with van der Waals surface area (Å²) < 4.78 is 43.1. The molecule has 7 rings (SSSR count). The van der Waals surface area contributed by atoms with Crippen molar-refractivity contribution in [2.45, 2.75) is 25.2 Å². The van der Waals surface area contributed by atoms with Crippen molar-refractivity contribution < 1.29 is 32.6 Å². The Morgan fingerprint density at radius 1 is 0.863 bits per heavy atom. The maximum absolute atomic E-state index is 15.1. The highest BCUT2D eigenvalue weighted by Gasteiger charge is 2.51. The highest BCUT2D eigenvalue weighted by Crippen LogP contribution is 2.40. The summed E-state index contributed by atoms with van der Waals surface area (Å²) in [5.41, 5.74) is 2.91. The van der Waals surface area contributed by atoms with E-state index in [0.717, 1.165) is 42.2 Å². The van der Waals surface area contributed by atoms with E-state index in [1.807, 2.05) is 45.9 Å². The quantitative estimate of drug-likeness (QED) is 0.272. The molecular weight excluding hydrogens is 660 g/mol. The first-order valence-corrected chi connectivity index (χ1v) is 16.8. The first-order valence-electron chi connectivity index (χ1n) is 16.8. The largest absolute Gasteiger partial charge is 0.378 e. The van der Waals surface area contributed by atoms with Crippen LogP contribution >= 0.6 is 0 Å². The highest BCUT2D eigenvalue weighted by atomic mass is 19.1. The first kappa shape index (κ1) is 34.3. The number of imidazole rings is 1. The Morgan fingerprint density at radius 3 is 2.18 bits per heavy atom. The van der Waals surface area contributed by atoms with Gasteiger partial charge in [0.2, 0.25) is 0 Å². The Balaban J connectivity index is 0.964. The van der Waals surface area contributed by atoms with Crippen LogP contribution in [0.2, 0.25) is 0 Å². The number of fused-ring (bicyclic) bond motifs is 2. The lowest BCUT2D eigenvalue weighted by Gasteiger charge is -2.52.